The number of nitrogens with zero attached hydrogens (tertiary/aromatic N) is 5. The number of rotatable bonds is 6. The topological polar surface area (TPSA) is 64.5 Å². The second-order valence-corrected chi connectivity index (χ2v) is 14.5. The Hall–Kier alpha value is -7.89. The summed E-state index contributed by atoms with van der Waals surface area (Å²) in [7, 11) is 0. The van der Waals surface area contributed by atoms with Crippen molar-refractivity contribution in [2.24, 2.45) is 0 Å². The Morgan fingerprint density at radius 1 is 0.310 bits per heavy atom. The predicted octanol–water partition coefficient (Wildman–Crippen LogP) is 13.3. The molecular weight excluding hydrogens is 707 g/mol. The van der Waals surface area contributed by atoms with Crippen LogP contribution in [-0.4, -0.2) is 24.9 Å². The minimum absolute atomic E-state index is 0.644. The summed E-state index contributed by atoms with van der Waals surface area (Å²) in [6.07, 6.45) is 3.64. The van der Waals surface area contributed by atoms with Gasteiger partial charge in [0.2, 0.25) is 0 Å². The van der Waals surface area contributed by atoms with Crippen LogP contribution >= 0.6 is 0 Å². The Morgan fingerprint density at radius 2 is 0.828 bits per heavy atom. The molecule has 0 radical (unpaired) electrons. The van der Waals surface area contributed by atoms with Crippen LogP contribution in [0.15, 0.2) is 200 Å². The molecule has 0 fully saturated rings. The number of aromatic nitrogens is 5. The van der Waals surface area contributed by atoms with Crippen molar-refractivity contribution in [1.29, 1.82) is 0 Å². The molecule has 0 N–H and O–H groups in total. The molecule has 4 aromatic heterocycles. The van der Waals surface area contributed by atoms with E-state index in [0.717, 1.165) is 88.9 Å². The first-order valence-corrected chi connectivity index (χ1v) is 19.4. The van der Waals surface area contributed by atoms with Crippen molar-refractivity contribution in [2.75, 3.05) is 0 Å². The molecule has 0 amide bonds. The molecule has 11 rings (SSSR count). The van der Waals surface area contributed by atoms with Gasteiger partial charge in [-0.15, -0.1) is 0 Å². The van der Waals surface area contributed by atoms with E-state index in [1.807, 2.05) is 48.8 Å². The monoisotopic (exact) mass is 739 g/mol. The molecule has 0 bridgehead atoms. The van der Waals surface area contributed by atoms with E-state index in [0.29, 0.717) is 5.82 Å². The lowest BCUT2D eigenvalue weighted by Crippen LogP contribution is -1.98. The van der Waals surface area contributed by atoms with Crippen LogP contribution in [-0.2, 0) is 0 Å². The summed E-state index contributed by atoms with van der Waals surface area (Å²) >= 11 is 0. The van der Waals surface area contributed by atoms with Crippen molar-refractivity contribution in [3.63, 3.8) is 0 Å². The molecule has 58 heavy (non-hydrogen) atoms. The van der Waals surface area contributed by atoms with Gasteiger partial charge >= 0.3 is 0 Å². The molecule has 0 atom stereocenters. The molecule has 11 aromatic rings. The largest absolute Gasteiger partial charge is 0.256 e. The number of hydrogen-bond donors (Lipinski definition) is 0. The Kier molecular flexibility index (Phi) is 8.07. The van der Waals surface area contributed by atoms with Gasteiger partial charge in [0.05, 0.1) is 34.0 Å². The minimum Gasteiger partial charge on any atom is -0.256 e. The fourth-order valence-electron chi connectivity index (χ4n) is 8.11. The maximum Gasteiger partial charge on any atom is 0.161 e. The van der Waals surface area contributed by atoms with Crippen LogP contribution in [0.25, 0.3) is 111 Å². The normalized spacial score (nSPS) is 11.4. The molecular formula is C53H33N5. The Labute approximate surface area is 335 Å². The summed E-state index contributed by atoms with van der Waals surface area (Å²) in [6, 6.07) is 65.4. The van der Waals surface area contributed by atoms with Crippen molar-refractivity contribution < 1.29 is 0 Å². The Morgan fingerprint density at radius 3 is 1.45 bits per heavy atom. The lowest BCUT2D eigenvalue weighted by molar-refractivity contribution is 1.19. The van der Waals surface area contributed by atoms with Crippen LogP contribution in [0.1, 0.15) is 0 Å². The molecule has 0 unspecified atom stereocenters. The van der Waals surface area contributed by atoms with Crippen molar-refractivity contribution in [3.05, 3.63) is 200 Å². The van der Waals surface area contributed by atoms with E-state index < -0.39 is 0 Å². The molecule has 5 nitrogen and oxygen atoms in total. The summed E-state index contributed by atoms with van der Waals surface area (Å²) < 4.78 is 0. The van der Waals surface area contributed by atoms with E-state index in [4.69, 9.17) is 15.0 Å². The first kappa shape index (κ1) is 33.4. The van der Waals surface area contributed by atoms with E-state index in [1.165, 1.54) is 16.2 Å². The lowest BCUT2D eigenvalue weighted by Gasteiger charge is -2.17. The molecule has 0 aliphatic heterocycles. The molecule has 0 saturated carbocycles. The van der Waals surface area contributed by atoms with Gasteiger partial charge in [-0.3, -0.25) is 9.97 Å². The highest BCUT2D eigenvalue weighted by molar-refractivity contribution is 6.25. The predicted molar refractivity (Wildman–Crippen MR) is 238 cm³/mol. The number of hydrogen-bond acceptors (Lipinski definition) is 5. The fraction of sp³-hybridized carbons (Fsp3) is 0. The van der Waals surface area contributed by atoms with Gasteiger partial charge in [0.25, 0.3) is 0 Å². The molecule has 7 aromatic carbocycles. The smallest absolute Gasteiger partial charge is 0.161 e. The highest BCUT2D eigenvalue weighted by Gasteiger charge is 2.20. The van der Waals surface area contributed by atoms with Crippen LogP contribution in [0.5, 0.6) is 0 Å². The molecule has 0 saturated heterocycles. The maximum atomic E-state index is 5.37. The van der Waals surface area contributed by atoms with E-state index in [2.05, 4.69) is 162 Å². The Bertz CT molecular complexity index is 3210. The van der Waals surface area contributed by atoms with Crippen molar-refractivity contribution in [1.82, 2.24) is 24.9 Å². The van der Waals surface area contributed by atoms with Gasteiger partial charge in [0.15, 0.2) is 5.82 Å². The van der Waals surface area contributed by atoms with Gasteiger partial charge in [-0.05, 0) is 70.1 Å². The van der Waals surface area contributed by atoms with E-state index in [9.17, 15) is 0 Å². The molecule has 4 heterocycles. The highest BCUT2D eigenvalue weighted by atomic mass is 14.9. The van der Waals surface area contributed by atoms with Gasteiger partial charge < -0.3 is 0 Å². The summed E-state index contributed by atoms with van der Waals surface area (Å²) in [6.45, 7) is 0. The van der Waals surface area contributed by atoms with Crippen LogP contribution in [0.4, 0.5) is 0 Å². The van der Waals surface area contributed by atoms with Gasteiger partial charge in [-0.1, -0.05) is 140 Å². The van der Waals surface area contributed by atoms with Crippen LogP contribution < -0.4 is 0 Å². The van der Waals surface area contributed by atoms with Crippen molar-refractivity contribution in [2.45, 2.75) is 0 Å². The second-order valence-electron chi connectivity index (χ2n) is 14.5. The van der Waals surface area contributed by atoms with Crippen LogP contribution in [0, 0.1) is 0 Å². The van der Waals surface area contributed by atoms with E-state index >= 15 is 0 Å². The van der Waals surface area contributed by atoms with Crippen LogP contribution in [0.2, 0.25) is 0 Å². The Balaban J connectivity index is 1.16. The zero-order valence-corrected chi connectivity index (χ0v) is 31.3. The number of pyridine rings is 3. The molecule has 5 heteroatoms. The summed E-state index contributed by atoms with van der Waals surface area (Å²) in [5, 5.41) is 7.91. The SMILES string of the molecule is c1ccc(-c2ccc(-c3cc(-c4ccc(-c5ccccn5)cc4)nc(-c4cc5c(-c6ccc7ccccc7c6)nc6ccccc6c5c5ccccc45)n3)cc2)nc1. The first-order valence-electron chi connectivity index (χ1n) is 19.4. The quantitative estimate of drug-likeness (QED) is 0.159. The van der Waals surface area contributed by atoms with E-state index in [-0.39, 0.29) is 0 Å². The third-order valence-corrected chi connectivity index (χ3v) is 11.0. The first-order chi connectivity index (χ1) is 28.7. The van der Waals surface area contributed by atoms with Crippen molar-refractivity contribution >= 4 is 43.2 Å². The lowest BCUT2D eigenvalue weighted by atomic mass is 9.91. The summed E-state index contributed by atoms with van der Waals surface area (Å²) in [5.41, 5.74) is 11.5. The fourth-order valence-corrected chi connectivity index (χ4v) is 8.11. The maximum absolute atomic E-state index is 5.37. The number of fused-ring (bicyclic) bond motifs is 6. The molecule has 0 spiro atoms. The number of benzene rings is 7. The van der Waals surface area contributed by atoms with E-state index in [1.54, 1.807) is 0 Å². The average molecular weight is 740 g/mol. The zero-order chi connectivity index (χ0) is 38.4. The highest BCUT2D eigenvalue weighted by Crippen LogP contribution is 2.42. The van der Waals surface area contributed by atoms with Gasteiger partial charge in [-0.25, -0.2) is 15.0 Å². The van der Waals surface area contributed by atoms with Crippen LogP contribution in [0.3, 0.4) is 0 Å². The summed E-state index contributed by atoms with van der Waals surface area (Å²) in [5.74, 6) is 0.644. The number of para-hydroxylation sites is 1. The van der Waals surface area contributed by atoms with Gasteiger partial charge in [0, 0.05) is 61.9 Å². The standard InChI is InChI=1S/C53H33N5/c1-2-12-39-31-40(28-19-34(39)11-1)52-45-32-44(41-13-3-4-14-42(41)51(45)43-15-5-6-18-48(43)56-52)53-57-49(37-24-20-35(21-25-37)46-16-7-9-29-54-46)33-50(58-53)38-26-22-36(23-27-38)47-17-8-10-30-55-47/h1-33H. The minimum atomic E-state index is 0.644. The summed E-state index contributed by atoms with van der Waals surface area (Å²) in [4.78, 5) is 25.3. The van der Waals surface area contributed by atoms with Gasteiger partial charge in [-0.2, -0.15) is 0 Å². The molecule has 0 aliphatic rings. The third kappa shape index (κ3) is 5.94. The third-order valence-electron chi connectivity index (χ3n) is 11.0. The van der Waals surface area contributed by atoms with Crippen molar-refractivity contribution in [3.8, 4) is 67.7 Å². The van der Waals surface area contributed by atoms with Gasteiger partial charge in [0.1, 0.15) is 0 Å². The molecule has 270 valence electrons. The molecule has 0 aliphatic carbocycles. The zero-order valence-electron chi connectivity index (χ0n) is 31.3. The average Bonchev–Trinajstić information content (AvgIpc) is 3.31. The second kappa shape index (κ2) is 14.0.